The molecule has 5 nitrogen and oxygen atoms in total. The molecule has 1 aliphatic heterocycles. The number of rotatable bonds is 5. The number of aliphatic imine (C=N–C) groups is 1. The first kappa shape index (κ1) is 13.1. The van der Waals surface area contributed by atoms with E-state index in [-0.39, 0.29) is 12.1 Å². The lowest BCUT2D eigenvalue weighted by atomic mass is 10.0. The number of carbonyl (C=O) groups excluding carboxylic acids is 1. The fraction of sp³-hybridized carbons (Fsp3) is 0.467. The van der Waals surface area contributed by atoms with Crippen LogP contribution in [0.4, 0.5) is 4.79 Å². The molecule has 5 heteroatoms. The van der Waals surface area contributed by atoms with Gasteiger partial charge in [0, 0.05) is 13.7 Å². The van der Waals surface area contributed by atoms with Gasteiger partial charge in [-0.25, -0.2) is 4.79 Å². The van der Waals surface area contributed by atoms with Gasteiger partial charge in [-0.1, -0.05) is 24.3 Å². The highest BCUT2D eigenvalue weighted by Crippen LogP contribution is 2.41. The Bertz CT molecular complexity index is 552. The first-order valence-electron chi connectivity index (χ1n) is 6.94. The van der Waals surface area contributed by atoms with Gasteiger partial charge < -0.3 is 15.4 Å². The molecule has 0 bridgehead atoms. The molecule has 2 amide bonds. The molecule has 0 saturated heterocycles. The molecule has 1 unspecified atom stereocenters. The van der Waals surface area contributed by atoms with Crippen LogP contribution in [-0.4, -0.2) is 37.0 Å². The largest absolute Gasteiger partial charge is 0.385 e. The Hall–Kier alpha value is -1.88. The average Bonchev–Trinajstić information content (AvgIpc) is 3.23. The number of nitrogens with two attached hydrogens (primary N) is 1. The number of benzene rings is 1. The molecule has 1 heterocycles. The van der Waals surface area contributed by atoms with Gasteiger partial charge in [-0.2, -0.15) is 4.99 Å². The second-order valence-corrected chi connectivity index (χ2v) is 5.35. The second kappa shape index (κ2) is 5.25. The van der Waals surface area contributed by atoms with Gasteiger partial charge in [0.1, 0.15) is 11.9 Å². The van der Waals surface area contributed by atoms with Crippen LogP contribution >= 0.6 is 0 Å². The molecule has 1 atom stereocenters. The van der Waals surface area contributed by atoms with Gasteiger partial charge in [-0.15, -0.1) is 0 Å². The van der Waals surface area contributed by atoms with Crippen molar-refractivity contribution in [3.05, 3.63) is 35.4 Å². The van der Waals surface area contributed by atoms with Gasteiger partial charge >= 0.3 is 6.03 Å². The summed E-state index contributed by atoms with van der Waals surface area (Å²) in [4.78, 5) is 17.5. The first-order valence-corrected chi connectivity index (χ1v) is 6.94. The Morgan fingerprint density at radius 1 is 1.40 bits per heavy atom. The molecule has 0 radical (unpaired) electrons. The van der Waals surface area contributed by atoms with Crippen molar-refractivity contribution in [2.24, 2.45) is 10.7 Å². The van der Waals surface area contributed by atoms with E-state index >= 15 is 0 Å². The lowest BCUT2D eigenvalue weighted by molar-refractivity contribution is 0.150. The van der Waals surface area contributed by atoms with Crippen LogP contribution in [0.2, 0.25) is 0 Å². The molecule has 1 aromatic rings. The van der Waals surface area contributed by atoms with Crippen LogP contribution in [0.1, 0.15) is 35.9 Å². The Morgan fingerprint density at radius 2 is 2.15 bits per heavy atom. The van der Waals surface area contributed by atoms with Crippen LogP contribution in [0.25, 0.3) is 0 Å². The van der Waals surface area contributed by atoms with Gasteiger partial charge in [0.05, 0.1) is 6.61 Å². The van der Waals surface area contributed by atoms with Crippen LogP contribution in [0, 0.1) is 0 Å². The van der Waals surface area contributed by atoms with E-state index in [0.29, 0.717) is 24.9 Å². The smallest absolute Gasteiger partial charge is 0.346 e. The van der Waals surface area contributed by atoms with Gasteiger partial charge in [0.25, 0.3) is 0 Å². The predicted molar refractivity (Wildman–Crippen MR) is 76.8 cm³/mol. The van der Waals surface area contributed by atoms with Crippen LogP contribution < -0.4 is 5.73 Å². The van der Waals surface area contributed by atoms with E-state index in [1.54, 1.807) is 12.0 Å². The zero-order valence-corrected chi connectivity index (χ0v) is 11.6. The molecule has 0 spiro atoms. The van der Waals surface area contributed by atoms with Crippen LogP contribution in [-0.2, 0) is 4.74 Å². The number of ether oxygens (including phenoxy) is 1. The molecule has 3 rings (SSSR count). The highest BCUT2D eigenvalue weighted by Gasteiger charge is 2.35. The van der Waals surface area contributed by atoms with Crippen molar-refractivity contribution in [1.82, 2.24) is 4.90 Å². The summed E-state index contributed by atoms with van der Waals surface area (Å²) >= 11 is 0. The third-order valence-corrected chi connectivity index (χ3v) is 3.87. The molecular weight excluding hydrogens is 254 g/mol. The van der Waals surface area contributed by atoms with Crippen molar-refractivity contribution in [3.8, 4) is 0 Å². The Labute approximate surface area is 118 Å². The van der Waals surface area contributed by atoms with E-state index < -0.39 is 0 Å². The maximum Gasteiger partial charge on any atom is 0.346 e. The molecular formula is C15H19N3O2. The zero-order chi connectivity index (χ0) is 14.1. The van der Waals surface area contributed by atoms with E-state index in [0.717, 1.165) is 5.56 Å². The zero-order valence-electron chi connectivity index (χ0n) is 11.6. The van der Waals surface area contributed by atoms with Crippen molar-refractivity contribution in [3.63, 3.8) is 0 Å². The van der Waals surface area contributed by atoms with Crippen LogP contribution in [0.3, 0.4) is 0 Å². The van der Waals surface area contributed by atoms with E-state index in [1.165, 1.54) is 18.4 Å². The second-order valence-electron chi connectivity index (χ2n) is 5.35. The summed E-state index contributed by atoms with van der Waals surface area (Å²) in [5, 5.41) is 0. The monoisotopic (exact) mass is 273 g/mol. The third-order valence-electron chi connectivity index (χ3n) is 3.87. The maximum absolute atomic E-state index is 11.9. The average molecular weight is 273 g/mol. The van der Waals surface area contributed by atoms with E-state index in [2.05, 4.69) is 17.1 Å². The third kappa shape index (κ3) is 2.41. The van der Waals surface area contributed by atoms with Gasteiger partial charge in [-0.05, 0) is 29.9 Å². The number of hydrogen-bond acceptors (Lipinski definition) is 3. The SMILES string of the molecule is COCCN1C(=O)N=C(N)C1c1cccc(C2CC2)c1. The minimum atomic E-state index is -0.277. The van der Waals surface area contributed by atoms with Crippen molar-refractivity contribution < 1.29 is 9.53 Å². The molecule has 1 fully saturated rings. The molecule has 2 N–H and O–H groups in total. The Balaban J connectivity index is 1.87. The number of amides is 2. The van der Waals surface area contributed by atoms with Gasteiger partial charge in [0.15, 0.2) is 0 Å². The summed E-state index contributed by atoms with van der Waals surface area (Å²) in [5.74, 6) is 1.05. The quantitative estimate of drug-likeness (QED) is 0.892. The number of carbonyl (C=O) groups is 1. The normalized spacial score (nSPS) is 22.2. The molecule has 1 aliphatic carbocycles. The minimum Gasteiger partial charge on any atom is -0.385 e. The van der Waals surface area contributed by atoms with E-state index in [9.17, 15) is 4.79 Å². The van der Waals surface area contributed by atoms with Crippen LogP contribution in [0.15, 0.2) is 29.3 Å². The lowest BCUT2D eigenvalue weighted by Crippen LogP contribution is -2.35. The summed E-state index contributed by atoms with van der Waals surface area (Å²) < 4.78 is 5.06. The molecule has 2 aliphatic rings. The topological polar surface area (TPSA) is 67.9 Å². The number of methoxy groups -OCH3 is 1. The van der Waals surface area contributed by atoms with E-state index in [1.807, 2.05) is 12.1 Å². The Morgan fingerprint density at radius 3 is 2.85 bits per heavy atom. The minimum absolute atomic E-state index is 0.253. The summed E-state index contributed by atoms with van der Waals surface area (Å²) in [5.41, 5.74) is 8.33. The first-order chi connectivity index (χ1) is 9.70. The number of amidine groups is 1. The van der Waals surface area contributed by atoms with Crippen molar-refractivity contribution in [2.75, 3.05) is 20.3 Å². The predicted octanol–water partition coefficient (Wildman–Crippen LogP) is 2.04. The standard InChI is InChI=1S/C15H19N3O2/c1-20-8-7-18-13(14(16)17-15(18)19)12-4-2-3-11(9-12)10-5-6-10/h2-4,9-10,13H,5-8H2,1H3,(H2,16,17,19). The fourth-order valence-electron chi connectivity index (χ4n) is 2.67. The summed E-state index contributed by atoms with van der Waals surface area (Å²) in [7, 11) is 1.62. The number of hydrogen-bond donors (Lipinski definition) is 1. The molecule has 20 heavy (non-hydrogen) atoms. The number of urea groups is 1. The summed E-state index contributed by atoms with van der Waals surface area (Å²) in [6, 6.07) is 7.82. The maximum atomic E-state index is 11.9. The summed E-state index contributed by atoms with van der Waals surface area (Å²) in [6.45, 7) is 0.977. The Kier molecular flexibility index (Phi) is 3.44. The van der Waals surface area contributed by atoms with Crippen LogP contribution in [0.5, 0.6) is 0 Å². The van der Waals surface area contributed by atoms with Gasteiger partial charge in [-0.3, -0.25) is 0 Å². The van der Waals surface area contributed by atoms with Crippen molar-refractivity contribution in [1.29, 1.82) is 0 Å². The molecule has 1 saturated carbocycles. The molecule has 106 valence electrons. The molecule has 1 aromatic carbocycles. The summed E-state index contributed by atoms with van der Waals surface area (Å²) in [6.07, 6.45) is 2.51. The lowest BCUT2D eigenvalue weighted by Gasteiger charge is -2.24. The van der Waals surface area contributed by atoms with Crippen molar-refractivity contribution >= 4 is 11.9 Å². The number of nitrogens with zero attached hydrogens (tertiary/aromatic N) is 2. The molecule has 0 aromatic heterocycles. The van der Waals surface area contributed by atoms with Crippen molar-refractivity contribution in [2.45, 2.75) is 24.8 Å². The fourth-order valence-corrected chi connectivity index (χ4v) is 2.67. The highest BCUT2D eigenvalue weighted by molar-refractivity contribution is 6.03. The van der Waals surface area contributed by atoms with Gasteiger partial charge in [0.2, 0.25) is 0 Å². The van der Waals surface area contributed by atoms with E-state index in [4.69, 9.17) is 10.5 Å². The highest BCUT2D eigenvalue weighted by atomic mass is 16.5.